The fourth-order valence-electron chi connectivity index (χ4n) is 6.19. The van der Waals surface area contributed by atoms with Crippen molar-refractivity contribution < 1.29 is 51.2 Å². The molecule has 0 amide bonds. The Labute approximate surface area is 261 Å². The summed E-state index contributed by atoms with van der Waals surface area (Å²) in [5, 5.41) is 0. The minimum Gasteiger partial charge on any atom is -0.382 e. The number of phosphoric acid groups is 2. The number of aromatic nitrogens is 8. The lowest BCUT2D eigenvalue weighted by atomic mass is 9.99. The van der Waals surface area contributed by atoms with Crippen LogP contribution in [0.3, 0.4) is 0 Å². The van der Waals surface area contributed by atoms with E-state index >= 15 is 0 Å². The second kappa shape index (κ2) is 10.6. The summed E-state index contributed by atoms with van der Waals surface area (Å²) in [6.07, 6.45) is 1.95. The van der Waals surface area contributed by atoms with Crippen LogP contribution in [0.15, 0.2) is 23.8 Å². The van der Waals surface area contributed by atoms with Gasteiger partial charge in [0.15, 0.2) is 35.1 Å². The number of hydrogen-bond donors (Lipinski definition) is 5. The molecule has 4 aromatic rings. The third-order valence-electron chi connectivity index (χ3n) is 8.28. The van der Waals surface area contributed by atoms with Gasteiger partial charge in [0.25, 0.3) is 5.56 Å². The van der Waals surface area contributed by atoms with Crippen LogP contribution < -0.4 is 17.0 Å². The van der Waals surface area contributed by atoms with Crippen LogP contribution in [-0.4, -0.2) is 98.7 Å². The number of anilines is 2. The van der Waals surface area contributed by atoms with Crippen LogP contribution in [0.5, 0.6) is 0 Å². The maximum atomic E-state index is 13.6. The van der Waals surface area contributed by atoms with Crippen LogP contribution in [0, 0.1) is 18.3 Å². The normalized spacial score (nSPS) is 38.9. The Hall–Kier alpha value is -3.84. The molecule has 8 heterocycles. The van der Waals surface area contributed by atoms with Crippen molar-refractivity contribution in [2.75, 3.05) is 31.3 Å². The van der Waals surface area contributed by atoms with Crippen molar-refractivity contribution in [1.82, 2.24) is 39.0 Å². The molecule has 0 aromatic carbocycles. The van der Waals surface area contributed by atoms with E-state index < -0.39 is 82.8 Å². The molecule has 10 atom stereocenters. The molecule has 8 rings (SSSR count). The standard InChI is InChI=1S/C23H24N10O12P2/c1-2-9-10-3-40-46(35,36)45-15-14-21(32-7-28-11-16(24)26-6-27-17(11)32)43-23(15,4-39-14)5-41-47(37,38)44-13(9)20(42-10)33-8-29-12-18(33)30-22(25)31-19(12)34/h1,6-10,13-15,20-21H,3-5H2,(H,35,36)(H,37,38)(H2,24,26,27)(H3,25,30,31,34)/t9-,10-,13-,14-,15+,20-,21-,23-/m1/s1. The van der Waals surface area contributed by atoms with Crippen molar-refractivity contribution in [3.8, 4) is 12.3 Å². The van der Waals surface area contributed by atoms with E-state index in [0.29, 0.717) is 0 Å². The van der Waals surface area contributed by atoms with Crippen LogP contribution in [0.25, 0.3) is 22.3 Å². The Bertz CT molecular complexity index is 2120. The van der Waals surface area contributed by atoms with Crippen molar-refractivity contribution in [1.29, 1.82) is 0 Å². The average Bonchev–Trinajstić information content (AvgIpc) is 3.82. The molecule has 24 heteroatoms. The Kier molecular flexibility index (Phi) is 6.86. The predicted molar refractivity (Wildman–Crippen MR) is 152 cm³/mol. The van der Waals surface area contributed by atoms with Gasteiger partial charge in [0, 0.05) is 0 Å². The number of nitrogen functional groups attached to an aromatic ring is 2. The molecule has 0 saturated carbocycles. The lowest BCUT2D eigenvalue weighted by molar-refractivity contribution is -0.184. The van der Waals surface area contributed by atoms with Gasteiger partial charge in [-0.25, -0.2) is 29.1 Å². The smallest absolute Gasteiger partial charge is 0.382 e. The number of imidazole rings is 2. The molecule has 22 nitrogen and oxygen atoms in total. The maximum Gasteiger partial charge on any atom is 0.472 e. The van der Waals surface area contributed by atoms with Crippen LogP contribution in [0.4, 0.5) is 11.8 Å². The molecule has 0 radical (unpaired) electrons. The Morgan fingerprint density at radius 2 is 1.72 bits per heavy atom. The topological polar surface area (TPSA) is 298 Å². The highest BCUT2D eigenvalue weighted by Gasteiger charge is 2.66. The predicted octanol–water partition coefficient (Wildman–Crippen LogP) is -1.04. The van der Waals surface area contributed by atoms with E-state index in [1.807, 2.05) is 0 Å². The Balaban J connectivity index is 1.16. The molecule has 4 saturated heterocycles. The fourth-order valence-corrected chi connectivity index (χ4v) is 8.18. The largest absolute Gasteiger partial charge is 0.472 e. The van der Waals surface area contributed by atoms with E-state index in [1.54, 1.807) is 0 Å². The second-order valence-corrected chi connectivity index (χ2v) is 13.9. The number of phosphoric ester groups is 2. The van der Waals surface area contributed by atoms with Crippen LogP contribution in [0.1, 0.15) is 12.5 Å². The molecule has 4 aromatic heterocycles. The molecule has 4 aliphatic rings. The van der Waals surface area contributed by atoms with Crippen LogP contribution >= 0.6 is 15.6 Å². The van der Waals surface area contributed by atoms with E-state index in [1.165, 1.54) is 28.1 Å². The molecule has 4 aliphatic heterocycles. The molecule has 248 valence electrons. The Morgan fingerprint density at radius 3 is 2.51 bits per heavy atom. The van der Waals surface area contributed by atoms with Gasteiger partial charge in [0.1, 0.15) is 41.9 Å². The van der Waals surface area contributed by atoms with E-state index in [-0.39, 0.29) is 40.7 Å². The number of rotatable bonds is 2. The lowest BCUT2D eigenvalue weighted by Crippen LogP contribution is -2.45. The number of H-pyrrole nitrogens is 1. The number of hydrogen-bond acceptors (Lipinski definition) is 17. The first-order chi connectivity index (χ1) is 22.4. The zero-order valence-corrected chi connectivity index (χ0v) is 25.4. The summed E-state index contributed by atoms with van der Waals surface area (Å²) < 4.78 is 69.9. The lowest BCUT2D eigenvalue weighted by Gasteiger charge is -2.32. The molecule has 2 unspecified atom stereocenters. The number of ether oxygens (including phenoxy) is 3. The van der Waals surface area contributed by atoms with Crippen LogP contribution in [-0.2, 0) is 41.4 Å². The zero-order valence-electron chi connectivity index (χ0n) is 23.6. The quantitative estimate of drug-likeness (QED) is 0.124. The molecule has 0 aliphatic carbocycles. The minimum atomic E-state index is -5.05. The van der Waals surface area contributed by atoms with Gasteiger partial charge in [0.05, 0.1) is 38.4 Å². The summed E-state index contributed by atoms with van der Waals surface area (Å²) in [5.41, 5.74) is 9.58. The third-order valence-corrected chi connectivity index (χ3v) is 10.2. The summed E-state index contributed by atoms with van der Waals surface area (Å²) >= 11 is 0. The second-order valence-electron chi connectivity index (χ2n) is 11.1. The number of fused-ring (bicyclic) bond motifs is 4. The van der Waals surface area contributed by atoms with E-state index in [0.717, 1.165) is 0 Å². The van der Waals surface area contributed by atoms with Crippen molar-refractivity contribution >= 4 is 49.7 Å². The number of nitrogens with two attached hydrogens (primary N) is 2. The number of aromatic amines is 1. The summed E-state index contributed by atoms with van der Waals surface area (Å²) in [4.78, 5) is 57.0. The Morgan fingerprint density at radius 1 is 0.979 bits per heavy atom. The van der Waals surface area contributed by atoms with Gasteiger partial charge in [-0.2, -0.15) is 4.98 Å². The highest BCUT2D eigenvalue weighted by molar-refractivity contribution is 7.47. The van der Waals surface area contributed by atoms with E-state index in [9.17, 15) is 23.7 Å². The van der Waals surface area contributed by atoms with E-state index in [2.05, 4.69) is 35.8 Å². The average molecular weight is 694 g/mol. The number of nitrogens with one attached hydrogen (secondary N) is 1. The van der Waals surface area contributed by atoms with Crippen molar-refractivity contribution in [3.63, 3.8) is 0 Å². The SMILES string of the molecule is C#C[C@H]1[C@H]2OP(=O)(O)OC[C@@]34CO[C@@H]([C@H](n5cnc6c(N)ncnc65)O3)[C@@H]4OP(=O)(O)OC[C@H]1O[C@H]2n1cnc2c(=O)[nH]c(N)nc21. The summed E-state index contributed by atoms with van der Waals surface area (Å²) in [5.74, 6) is 1.11. The van der Waals surface area contributed by atoms with Crippen molar-refractivity contribution in [2.45, 2.75) is 42.5 Å². The first-order valence-electron chi connectivity index (χ1n) is 13.8. The molecule has 4 bridgehead atoms. The highest BCUT2D eigenvalue weighted by Crippen LogP contribution is 2.58. The first-order valence-corrected chi connectivity index (χ1v) is 16.8. The molecular weight excluding hydrogens is 670 g/mol. The van der Waals surface area contributed by atoms with Gasteiger partial charge in [-0.05, 0) is 0 Å². The van der Waals surface area contributed by atoms with Gasteiger partial charge in [-0.1, -0.05) is 5.92 Å². The molecule has 0 spiro atoms. The monoisotopic (exact) mass is 694 g/mol. The zero-order chi connectivity index (χ0) is 32.9. The van der Waals surface area contributed by atoms with Gasteiger partial charge in [-0.3, -0.25) is 37.0 Å². The molecule has 7 N–H and O–H groups in total. The fraction of sp³-hybridized carbons (Fsp3) is 0.478. The third kappa shape index (κ3) is 4.87. The number of terminal acetylenes is 1. The van der Waals surface area contributed by atoms with Gasteiger partial charge in [0.2, 0.25) is 5.95 Å². The summed E-state index contributed by atoms with van der Waals surface area (Å²) in [6.45, 7) is -1.65. The van der Waals surface area contributed by atoms with Gasteiger partial charge >= 0.3 is 15.6 Å². The molecular formula is C23H24N10O12P2. The van der Waals surface area contributed by atoms with Gasteiger partial charge in [-0.15, -0.1) is 6.42 Å². The summed E-state index contributed by atoms with van der Waals surface area (Å²) in [7, 11) is -10.0. The van der Waals surface area contributed by atoms with E-state index in [4.69, 9.17) is 50.2 Å². The number of nitrogens with zero attached hydrogens (tertiary/aromatic N) is 7. The summed E-state index contributed by atoms with van der Waals surface area (Å²) in [6, 6.07) is 0. The van der Waals surface area contributed by atoms with Crippen molar-refractivity contribution in [2.24, 2.45) is 5.92 Å². The first kappa shape index (κ1) is 30.5. The van der Waals surface area contributed by atoms with Crippen molar-refractivity contribution in [3.05, 3.63) is 29.3 Å². The maximum absolute atomic E-state index is 13.6. The minimum absolute atomic E-state index is 0.0616. The molecule has 4 fully saturated rings. The van der Waals surface area contributed by atoms with Crippen LogP contribution in [0.2, 0.25) is 0 Å². The molecule has 47 heavy (non-hydrogen) atoms. The van der Waals surface area contributed by atoms with Gasteiger partial charge < -0.3 is 35.5 Å². The highest BCUT2D eigenvalue weighted by atomic mass is 31.2.